The van der Waals surface area contributed by atoms with E-state index >= 15 is 0 Å². The standard InChI is InChI=1S/C25H22N2O4/c1-31-20-9-5-8-19(16-20)22-21(23(28)18-10-13-26-14-11-18)24(29)25(30)27(22)15-12-17-6-3-2-4-7-17/h2-11,13-14,16,22,28H,12,15H2,1H3. The van der Waals surface area contributed by atoms with Gasteiger partial charge < -0.3 is 14.7 Å². The summed E-state index contributed by atoms with van der Waals surface area (Å²) in [7, 11) is 1.56. The number of rotatable bonds is 6. The molecule has 2 aromatic carbocycles. The van der Waals surface area contributed by atoms with Crippen molar-refractivity contribution in [2.24, 2.45) is 0 Å². The van der Waals surface area contributed by atoms with Crippen molar-refractivity contribution in [1.29, 1.82) is 0 Å². The van der Waals surface area contributed by atoms with Crippen molar-refractivity contribution >= 4 is 17.4 Å². The Labute approximate surface area is 180 Å². The predicted octanol–water partition coefficient (Wildman–Crippen LogP) is 3.75. The summed E-state index contributed by atoms with van der Waals surface area (Å²) in [6.45, 7) is 0.337. The first-order valence-corrected chi connectivity index (χ1v) is 9.97. The molecule has 1 unspecified atom stereocenters. The third kappa shape index (κ3) is 4.05. The van der Waals surface area contributed by atoms with Gasteiger partial charge in [-0.3, -0.25) is 14.6 Å². The van der Waals surface area contributed by atoms with Gasteiger partial charge in [0.05, 0.1) is 18.7 Å². The van der Waals surface area contributed by atoms with Crippen molar-refractivity contribution in [3.05, 3.63) is 101 Å². The summed E-state index contributed by atoms with van der Waals surface area (Å²) < 4.78 is 5.34. The van der Waals surface area contributed by atoms with Crippen LogP contribution in [0.2, 0.25) is 0 Å². The lowest BCUT2D eigenvalue weighted by Gasteiger charge is -2.25. The molecule has 31 heavy (non-hydrogen) atoms. The fraction of sp³-hybridized carbons (Fsp3) is 0.160. The Morgan fingerprint density at radius 3 is 2.48 bits per heavy atom. The highest BCUT2D eigenvalue weighted by molar-refractivity contribution is 6.46. The van der Waals surface area contributed by atoms with E-state index in [0.717, 1.165) is 5.56 Å². The molecule has 0 spiro atoms. The van der Waals surface area contributed by atoms with Crippen LogP contribution in [0.25, 0.3) is 5.76 Å². The lowest BCUT2D eigenvalue weighted by molar-refractivity contribution is -0.139. The zero-order valence-electron chi connectivity index (χ0n) is 17.1. The van der Waals surface area contributed by atoms with Crippen LogP contribution in [0.3, 0.4) is 0 Å². The van der Waals surface area contributed by atoms with E-state index in [9.17, 15) is 14.7 Å². The highest BCUT2D eigenvalue weighted by Gasteiger charge is 2.45. The van der Waals surface area contributed by atoms with E-state index in [1.54, 1.807) is 37.4 Å². The van der Waals surface area contributed by atoms with Gasteiger partial charge in [0.1, 0.15) is 11.5 Å². The molecule has 0 aliphatic carbocycles. The largest absolute Gasteiger partial charge is 0.507 e. The van der Waals surface area contributed by atoms with Gasteiger partial charge in [-0.15, -0.1) is 0 Å². The number of benzene rings is 2. The summed E-state index contributed by atoms with van der Waals surface area (Å²) in [4.78, 5) is 31.5. The average molecular weight is 414 g/mol. The zero-order valence-corrected chi connectivity index (χ0v) is 17.1. The van der Waals surface area contributed by atoms with E-state index in [1.165, 1.54) is 17.3 Å². The molecule has 1 amide bonds. The molecule has 1 aliphatic heterocycles. The van der Waals surface area contributed by atoms with E-state index < -0.39 is 17.7 Å². The minimum atomic E-state index is -0.716. The Bertz CT molecular complexity index is 1130. The van der Waals surface area contributed by atoms with Gasteiger partial charge in [0.25, 0.3) is 11.7 Å². The average Bonchev–Trinajstić information content (AvgIpc) is 3.08. The van der Waals surface area contributed by atoms with Crippen molar-refractivity contribution in [1.82, 2.24) is 9.88 Å². The molecule has 2 heterocycles. The molecule has 1 N–H and O–H groups in total. The second-order valence-corrected chi connectivity index (χ2v) is 7.24. The fourth-order valence-electron chi connectivity index (χ4n) is 3.83. The number of pyridine rings is 1. The number of Topliss-reactive ketones (excluding diaryl/α,β-unsaturated/α-hetero) is 1. The molecule has 1 atom stereocenters. The lowest BCUT2D eigenvalue weighted by atomic mass is 9.95. The quantitative estimate of drug-likeness (QED) is 0.377. The summed E-state index contributed by atoms with van der Waals surface area (Å²) >= 11 is 0. The molecule has 1 saturated heterocycles. The maximum atomic E-state index is 13.0. The van der Waals surface area contributed by atoms with Crippen molar-refractivity contribution in [2.75, 3.05) is 13.7 Å². The van der Waals surface area contributed by atoms with E-state index in [4.69, 9.17) is 4.74 Å². The molecular weight excluding hydrogens is 392 g/mol. The third-order valence-electron chi connectivity index (χ3n) is 5.39. The normalized spacial score (nSPS) is 17.7. The summed E-state index contributed by atoms with van der Waals surface area (Å²) in [6, 6.07) is 19.5. The maximum Gasteiger partial charge on any atom is 0.295 e. The van der Waals surface area contributed by atoms with Gasteiger partial charge in [-0.05, 0) is 41.8 Å². The molecule has 0 saturated carbocycles. The van der Waals surface area contributed by atoms with Crippen LogP contribution in [-0.4, -0.2) is 40.3 Å². The summed E-state index contributed by atoms with van der Waals surface area (Å²) in [6.07, 6.45) is 3.64. The number of hydrogen-bond acceptors (Lipinski definition) is 5. The van der Waals surface area contributed by atoms with Crippen LogP contribution in [0.15, 0.2) is 84.7 Å². The Kier molecular flexibility index (Phi) is 5.80. The summed E-state index contributed by atoms with van der Waals surface area (Å²) in [5.41, 5.74) is 2.26. The van der Waals surface area contributed by atoms with Gasteiger partial charge in [0, 0.05) is 24.5 Å². The Balaban J connectivity index is 1.79. The highest BCUT2D eigenvalue weighted by atomic mass is 16.5. The fourth-order valence-corrected chi connectivity index (χ4v) is 3.83. The number of aromatic nitrogens is 1. The number of ether oxygens (including phenoxy) is 1. The molecule has 0 bridgehead atoms. The Hall–Kier alpha value is -3.93. The Morgan fingerprint density at radius 1 is 1.03 bits per heavy atom. The molecular formula is C25H22N2O4. The number of methoxy groups -OCH3 is 1. The van der Waals surface area contributed by atoms with E-state index in [1.807, 2.05) is 36.4 Å². The number of nitrogens with zero attached hydrogens (tertiary/aromatic N) is 2. The van der Waals surface area contributed by atoms with Gasteiger partial charge in [-0.25, -0.2) is 0 Å². The molecule has 6 nitrogen and oxygen atoms in total. The SMILES string of the molecule is COc1cccc(C2C(=C(O)c3ccncc3)C(=O)C(=O)N2CCc2ccccc2)c1. The first kappa shape index (κ1) is 20.3. The van der Waals surface area contributed by atoms with Crippen LogP contribution in [0.4, 0.5) is 0 Å². The molecule has 4 rings (SSSR count). The number of ketones is 1. The molecule has 3 aromatic rings. The number of likely N-dealkylation sites (tertiary alicyclic amines) is 1. The van der Waals surface area contributed by atoms with Crippen LogP contribution in [0, 0.1) is 0 Å². The number of hydrogen-bond donors (Lipinski definition) is 1. The number of carbonyl (C=O) groups excluding carboxylic acids is 2. The first-order valence-electron chi connectivity index (χ1n) is 9.97. The van der Waals surface area contributed by atoms with Crippen LogP contribution in [0.5, 0.6) is 5.75 Å². The monoisotopic (exact) mass is 414 g/mol. The van der Waals surface area contributed by atoms with Crippen LogP contribution >= 0.6 is 0 Å². The van der Waals surface area contributed by atoms with Crippen molar-refractivity contribution in [3.63, 3.8) is 0 Å². The second kappa shape index (κ2) is 8.83. The van der Waals surface area contributed by atoms with Gasteiger partial charge in [-0.1, -0.05) is 42.5 Å². The smallest absolute Gasteiger partial charge is 0.295 e. The zero-order chi connectivity index (χ0) is 21.8. The highest BCUT2D eigenvalue weighted by Crippen LogP contribution is 2.40. The van der Waals surface area contributed by atoms with Gasteiger partial charge in [-0.2, -0.15) is 0 Å². The second-order valence-electron chi connectivity index (χ2n) is 7.24. The van der Waals surface area contributed by atoms with E-state index in [2.05, 4.69) is 4.98 Å². The van der Waals surface area contributed by atoms with Gasteiger partial charge in [0.15, 0.2) is 0 Å². The first-order chi connectivity index (χ1) is 15.1. The summed E-state index contributed by atoms with van der Waals surface area (Å²) in [5, 5.41) is 11.0. The molecule has 156 valence electrons. The molecule has 0 radical (unpaired) electrons. The van der Waals surface area contributed by atoms with Crippen LogP contribution in [0.1, 0.15) is 22.7 Å². The molecule has 1 aromatic heterocycles. The number of aliphatic hydroxyl groups is 1. The van der Waals surface area contributed by atoms with Gasteiger partial charge in [0.2, 0.25) is 0 Å². The van der Waals surface area contributed by atoms with Crippen LogP contribution < -0.4 is 4.74 Å². The topological polar surface area (TPSA) is 79.7 Å². The minimum Gasteiger partial charge on any atom is -0.507 e. The minimum absolute atomic E-state index is 0.0671. The molecule has 1 aliphatic rings. The number of aliphatic hydroxyl groups excluding tert-OH is 1. The van der Waals surface area contributed by atoms with E-state index in [-0.39, 0.29) is 11.3 Å². The van der Waals surface area contributed by atoms with Crippen molar-refractivity contribution in [2.45, 2.75) is 12.5 Å². The number of carbonyl (C=O) groups is 2. The van der Waals surface area contributed by atoms with Crippen molar-refractivity contribution < 1.29 is 19.4 Å². The third-order valence-corrected chi connectivity index (χ3v) is 5.39. The van der Waals surface area contributed by atoms with E-state index in [0.29, 0.717) is 29.8 Å². The summed E-state index contributed by atoms with van der Waals surface area (Å²) in [5.74, 6) is -0.930. The van der Waals surface area contributed by atoms with Gasteiger partial charge >= 0.3 is 0 Å². The van der Waals surface area contributed by atoms with Crippen molar-refractivity contribution in [3.8, 4) is 5.75 Å². The lowest BCUT2D eigenvalue weighted by Crippen LogP contribution is -2.31. The Morgan fingerprint density at radius 2 is 1.77 bits per heavy atom. The number of amides is 1. The maximum absolute atomic E-state index is 13.0. The molecule has 6 heteroatoms. The predicted molar refractivity (Wildman–Crippen MR) is 116 cm³/mol. The molecule has 1 fully saturated rings. The van der Waals surface area contributed by atoms with Crippen LogP contribution in [-0.2, 0) is 16.0 Å².